The average Bonchev–Trinajstić information content (AvgIpc) is 2.31. The zero-order valence-corrected chi connectivity index (χ0v) is 9.77. The van der Waals surface area contributed by atoms with Gasteiger partial charge in [0, 0.05) is 0 Å². The third-order valence-electron chi connectivity index (χ3n) is 2.82. The van der Waals surface area contributed by atoms with Gasteiger partial charge in [-0.1, -0.05) is 39.0 Å². The van der Waals surface area contributed by atoms with Gasteiger partial charge >= 0.3 is 0 Å². The highest BCUT2D eigenvalue weighted by atomic mass is 14.1. The lowest BCUT2D eigenvalue weighted by atomic mass is 9.90. The summed E-state index contributed by atoms with van der Waals surface area (Å²) in [5.41, 5.74) is 4.70. The van der Waals surface area contributed by atoms with Gasteiger partial charge in [-0.2, -0.15) is 0 Å². The fraction of sp³-hybridized carbons (Fsp3) is 0.571. The van der Waals surface area contributed by atoms with E-state index in [0.29, 0.717) is 0 Å². The Kier molecular flexibility index (Phi) is 4.72. The molecule has 0 nitrogen and oxygen atoms in total. The number of benzene rings is 1. The zero-order chi connectivity index (χ0) is 10.4. The second-order valence-corrected chi connectivity index (χ2v) is 3.66. The van der Waals surface area contributed by atoms with Crippen LogP contribution in [0.1, 0.15) is 50.3 Å². The van der Waals surface area contributed by atoms with Gasteiger partial charge in [0.2, 0.25) is 0 Å². The predicted molar refractivity (Wildman–Crippen MR) is 63.8 cm³/mol. The Morgan fingerprint density at radius 1 is 1.00 bits per heavy atom. The molecule has 0 radical (unpaired) electrons. The molecule has 0 bridgehead atoms. The molecular formula is C14H22. The molecule has 0 fully saturated rings. The monoisotopic (exact) mass is 190 g/mol. The van der Waals surface area contributed by atoms with Crippen LogP contribution in [-0.4, -0.2) is 0 Å². The van der Waals surface area contributed by atoms with E-state index in [-0.39, 0.29) is 0 Å². The minimum Gasteiger partial charge on any atom is -0.0683 e. The summed E-state index contributed by atoms with van der Waals surface area (Å²) in [6.07, 6.45) is 6.56. The fourth-order valence-electron chi connectivity index (χ4n) is 2.01. The second-order valence-electron chi connectivity index (χ2n) is 3.66. The quantitative estimate of drug-likeness (QED) is 0.624. The maximum absolute atomic E-state index is 2.40. The van der Waals surface area contributed by atoms with E-state index in [1.165, 1.54) is 37.7 Å². The first-order chi connectivity index (χ1) is 6.90. The SMILES string of the molecule is CC.CCc1ccc2c(c1)CCCC2. The maximum atomic E-state index is 2.40. The molecule has 1 aliphatic carbocycles. The molecule has 2 rings (SSSR count). The van der Waals surface area contributed by atoms with Crippen LogP contribution >= 0.6 is 0 Å². The molecule has 1 aromatic carbocycles. The lowest BCUT2D eigenvalue weighted by Gasteiger charge is -2.15. The number of fused-ring (bicyclic) bond motifs is 1. The number of hydrogen-bond acceptors (Lipinski definition) is 0. The molecule has 0 unspecified atom stereocenters. The topological polar surface area (TPSA) is 0 Å². The molecule has 0 aromatic heterocycles. The highest BCUT2D eigenvalue weighted by Crippen LogP contribution is 2.22. The van der Waals surface area contributed by atoms with Gasteiger partial charge in [0.25, 0.3) is 0 Å². The van der Waals surface area contributed by atoms with E-state index in [1.54, 1.807) is 11.1 Å². The Labute approximate surface area is 88.4 Å². The van der Waals surface area contributed by atoms with Crippen LogP contribution in [0.4, 0.5) is 0 Å². The molecule has 0 aliphatic heterocycles. The molecule has 0 atom stereocenters. The minimum atomic E-state index is 1.17. The van der Waals surface area contributed by atoms with Crippen molar-refractivity contribution in [1.29, 1.82) is 0 Å². The number of aryl methyl sites for hydroxylation is 3. The van der Waals surface area contributed by atoms with E-state index in [2.05, 4.69) is 25.1 Å². The van der Waals surface area contributed by atoms with E-state index in [0.717, 1.165) is 0 Å². The van der Waals surface area contributed by atoms with Gasteiger partial charge in [-0.15, -0.1) is 0 Å². The molecule has 1 aromatic rings. The van der Waals surface area contributed by atoms with E-state index in [1.807, 2.05) is 13.8 Å². The normalized spacial score (nSPS) is 13.9. The van der Waals surface area contributed by atoms with Crippen molar-refractivity contribution in [3.8, 4) is 0 Å². The standard InChI is InChI=1S/C12H16.C2H6/c1-2-10-7-8-11-5-3-4-6-12(11)9-10;1-2/h7-9H,2-6H2,1H3;1-2H3. The Hall–Kier alpha value is -0.780. The Bertz CT molecular complexity index is 273. The zero-order valence-electron chi connectivity index (χ0n) is 9.77. The first-order valence-electron chi connectivity index (χ1n) is 6.01. The maximum Gasteiger partial charge on any atom is -0.0276 e. The molecular weight excluding hydrogens is 168 g/mol. The van der Waals surface area contributed by atoms with Gasteiger partial charge in [-0.25, -0.2) is 0 Å². The summed E-state index contributed by atoms with van der Waals surface area (Å²) >= 11 is 0. The van der Waals surface area contributed by atoms with E-state index in [9.17, 15) is 0 Å². The first kappa shape index (κ1) is 11.3. The van der Waals surface area contributed by atoms with Crippen molar-refractivity contribution in [2.24, 2.45) is 0 Å². The third kappa shape index (κ3) is 2.60. The van der Waals surface area contributed by atoms with Crippen molar-refractivity contribution in [2.75, 3.05) is 0 Å². The number of hydrogen-bond donors (Lipinski definition) is 0. The Morgan fingerprint density at radius 2 is 1.64 bits per heavy atom. The van der Waals surface area contributed by atoms with Crippen LogP contribution in [0.15, 0.2) is 18.2 Å². The molecule has 0 heteroatoms. The van der Waals surface area contributed by atoms with Crippen LogP contribution in [0.2, 0.25) is 0 Å². The van der Waals surface area contributed by atoms with Crippen molar-refractivity contribution in [1.82, 2.24) is 0 Å². The summed E-state index contributed by atoms with van der Waals surface area (Å²) in [7, 11) is 0. The van der Waals surface area contributed by atoms with Gasteiger partial charge in [-0.3, -0.25) is 0 Å². The highest BCUT2D eigenvalue weighted by Gasteiger charge is 2.08. The molecule has 0 spiro atoms. The fourth-order valence-corrected chi connectivity index (χ4v) is 2.01. The van der Waals surface area contributed by atoms with Crippen molar-refractivity contribution in [3.63, 3.8) is 0 Å². The minimum absolute atomic E-state index is 1.17. The van der Waals surface area contributed by atoms with Crippen LogP contribution in [0.5, 0.6) is 0 Å². The van der Waals surface area contributed by atoms with Crippen molar-refractivity contribution >= 4 is 0 Å². The molecule has 1 aliphatic rings. The molecule has 14 heavy (non-hydrogen) atoms. The van der Waals surface area contributed by atoms with Gasteiger partial charge in [0.1, 0.15) is 0 Å². The Morgan fingerprint density at radius 3 is 2.29 bits per heavy atom. The van der Waals surface area contributed by atoms with Gasteiger partial charge in [-0.05, 0) is 48.8 Å². The van der Waals surface area contributed by atoms with Crippen LogP contribution in [-0.2, 0) is 19.3 Å². The molecule has 0 saturated heterocycles. The van der Waals surface area contributed by atoms with Crippen LogP contribution in [0.3, 0.4) is 0 Å². The molecule has 0 N–H and O–H groups in total. The van der Waals surface area contributed by atoms with E-state index < -0.39 is 0 Å². The van der Waals surface area contributed by atoms with Crippen molar-refractivity contribution in [3.05, 3.63) is 34.9 Å². The highest BCUT2D eigenvalue weighted by molar-refractivity contribution is 5.33. The van der Waals surface area contributed by atoms with Crippen LogP contribution in [0, 0.1) is 0 Å². The summed E-state index contributed by atoms with van der Waals surface area (Å²) in [6.45, 7) is 6.23. The predicted octanol–water partition coefficient (Wildman–Crippen LogP) is 4.15. The molecule has 78 valence electrons. The lowest BCUT2D eigenvalue weighted by molar-refractivity contribution is 0.684. The van der Waals surface area contributed by atoms with Crippen LogP contribution in [0.25, 0.3) is 0 Å². The lowest BCUT2D eigenvalue weighted by Crippen LogP contribution is -2.02. The van der Waals surface area contributed by atoms with Crippen molar-refractivity contribution in [2.45, 2.75) is 52.9 Å². The molecule has 0 heterocycles. The third-order valence-corrected chi connectivity index (χ3v) is 2.82. The van der Waals surface area contributed by atoms with Crippen molar-refractivity contribution < 1.29 is 0 Å². The van der Waals surface area contributed by atoms with Crippen LogP contribution < -0.4 is 0 Å². The summed E-state index contributed by atoms with van der Waals surface area (Å²) in [6, 6.07) is 7.01. The Balaban J connectivity index is 0.000000461. The largest absolute Gasteiger partial charge is 0.0683 e. The van der Waals surface area contributed by atoms with E-state index >= 15 is 0 Å². The van der Waals surface area contributed by atoms with Gasteiger partial charge in [0.15, 0.2) is 0 Å². The summed E-state index contributed by atoms with van der Waals surface area (Å²) in [5.74, 6) is 0. The second kappa shape index (κ2) is 5.85. The average molecular weight is 190 g/mol. The van der Waals surface area contributed by atoms with Gasteiger partial charge in [0.05, 0.1) is 0 Å². The summed E-state index contributed by atoms with van der Waals surface area (Å²) in [4.78, 5) is 0. The smallest absolute Gasteiger partial charge is 0.0276 e. The summed E-state index contributed by atoms with van der Waals surface area (Å²) in [5, 5.41) is 0. The summed E-state index contributed by atoms with van der Waals surface area (Å²) < 4.78 is 0. The van der Waals surface area contributed by atoms with E-state index in [4.69, 9.17) is 0 Å². The van der Waals surface area contributed by atoms with Gasteiger partial charge < -0.3 is 0 Å². The molecule has 0 amide bonds. The first-order valence-corrected chi connectivity index (χ1v) is 6.01. The molecule has 0 saturated carbocycles. The number of rotatable bonds is 1.